The normalized spacial score (nSPS) is 15.1. The number of aliphatic hydroxyl groups excluding tert-OH is 2. The summed E-state index contributed by atoms with van der Waals surface area (Å²) >= 11 is 0. The molecule has 78 valence electrons. The fourth-order valence-electron chi connectivity index (χ4n) is 1.36. The third-order valence-corrected chi connectivity index (χ3v) is 2.36. The van der Waals surface area contributed by atoms with Gasteiger partial charge in [-0.2, -0.15) is 0 Å². The summed E-state index contributed by atoms with van der Waals surface area (Å²) in [4.78, 5) is 0. The Balaban J connectivity index is 2.68. The van der Waals surface area contributed by atoms with Gasteiger partial charge in [0.15, 0.2) is 0 Å². The van der Waals surface area contributed by atoms with E-state index in [0.29, 0.717) is 6.42 Å². The number of rotatable bonds is 4. The van der Waals surface area contributed by atoms with Gasteiger partial charge in [0.1, 0.15) is 5.75 Å². The predicted octanol–water partition coefficient (Wildman–Crippen LogP) is 1.44. The maximum Gasteiger partial charge on any atom is 0.115 e. The molecule has 14 heavy (non-hydrogen) atoms. The van der Waals surface area contributed by atoms with Gasteiger partial charge in [-0.3, -0.25) is 0 Å². The zero-order chi connectivity index (χ0) is 10.6. The molecule has 3 heteroatoms. The molecule has 0 amide bonds. The Morgan fingerprint density at radius 3 is 2.29 bits per heavy atom. The second kappa shape index (κ2) is 4.98. The molecule has 1 rings (SSSR count). The first-order valence-electron chi connectivity index (χ1n) is 4.73. The highest BCUT2D eigenvalue weighted by atomic mass is 16.3. The predicted molar refractivity (Wildman–Crippen MR) is 53.9 cm³/mol. The maximum absolute atomic E-state index is 9.82. The van der Waals surface area contributed by atoms with Gasteiger partial charge < -0.3 is 15.3 Å². The lowest BCUT2D eigenvalue weighted by atomic mass is 9.95. The van der Waals surface area contributed by atoms with Crippen LogP contribution in [-0.2, 0) is 0 Å². The summed E-state index contributed by atoms with van der Waals surface area (Å²) in [6.45, 7) is 1.96. The van der Waals surface area contributed by atoms with E-state index in [0.717, 1.165) is 5.56 Å². The number of hydrogen-bond acceptors (Lipinski definition) is 3. The van der Waals surface area contributed by atoms with Crippen molar-refractivity contribution in [2.24, 2.45) is 5.92 Å². The van der Waals surface area contributed by atoms with Gasteiger partial charge in [-0.05, 0) is 30.0 Å². The van der Waals surface area contributed by atoms with Crippen LogP contribution in [0.15, 0.2) is 24.3 Å². The second-order valence-electron chi connectivity index (χ2n) is 3.53. The van der Waals surface area contributed by atoms with E-state index in [2.05, 4.69) is 0 Å². The van der Waals surface area contributed by atoms with Crippen molar-refractivity contribution in [1.82, 2.24) is 0 Å². The van der Waals surface area contributed by atoms with Crippen LogP contribution in [-0.4, -0.2) is 21.9 Å². The third-order valence-electron chi connectivity index (χ3n) is 2.36. The molecule has 0 aromatic heterocycles. The van der Waals surface area contributed by atoms with Gasteiger partial charge in [0.05, 0.1) is 6.10 Å². The van der Waals surface area contributed by atoms with Crippen LogP contribution < -0.4 is 0 Å². The zero-order valence-electron chi connectivity index (χ0n) is 8.22. The van der Waals surface area contributed by atoms with Gasteiger partial charge in [-0.15, -0.1) is 0 Å². The molecule has 0 aliphatic carbocycles. The van der Waals surface area contributed by atoms with E-state index >= 15 is 0 Å². The summed E-state index contributed by atoms with van der Waals surface area (Å²) in [5, 5.41) is 27.6. The molecule has 1 aromatic carbocycles. The number of phenolic OH excluding ortho intramolecular Hbond substituents is 1. The number of phenols is 1. The Morgan fingerprint density at radius 1 is 1.21 bits per heavy atom. The smallest absolute Gasteiger partial charge is 0.115 e. The van der Waals surface area contributed by atoms with E-state index in [-0.39, 0.29) is 18.3 Å². The molecule has 0 bridgehead atoms. The second-order valence-corrected chi connectivity index (χ2v) is 3.53. The molecule has 3 nitrogen and oxygen atoms in total. The summed E-state index contributed by atoms with van der Waals surface area (Å²) in [6.07, 6.45) is -0.00932. The van der Waals surface area contributed by atoms with Crippen molar-refractivity contribution >= 4 is 0 Å². The van der Waals surface area contributed by atoms with Crippen molar-refractivity contribution in [3.8, 4) is 5.75 Å². The monoisotopic (exact) mass is 196 g/mol. The number of hydrogen-bond donors (Lipinski definition) is 3. The van der Waals surface area contributed by atoms with E-state index in [4.69, 9.17) is 10.2 Å². The molecule has 0 spiro atoms. The lowest BCUT2D eigenvalue weighted by molar-refractivity contribution is 0.0990. The zero-order valence-corrected chi connectivity index (χ0v) is 8.22. The van der Waals surface area contributed by atoms with Gasteiger partial charge in [0.2, 0.25) is 0 Å². The Hall–Kier alpha value is -1.06. The highest BCUT2D eigenvalue weighted by molar-refractivity contribution is 5.27. The van der Waals surface area contributed by atoms with Crippen LogP contribution in [0.25, 0.3) is 0 Å². The number of benzene rings is 1. The van der Waals surface area contributed by atoms with Crippen LogP contribution >= 0.6 is 0 Å². The molecule has 0 aliphatic rings. The Kier molecular flexibility index (Phi) is 3.92. The van der Waals surface area contributed by atoms with Gasteiger partial charge >= 0.3 is 0 Å². The summed E-state index contributed by atoms with van der Waals surface area (Å²) in [6, 6.07) is 6.47. The van der Waals surface area contributed by atoms with E-state index < -0.39 is 6.10 Å². The van der Waals surface area contributed by atoms with Gasteiger partial charge in [0, 0.05) is 6.61 Å². The van der Waals surface area contributed by atoms with Gasteiger partial charge in [-0.25, -0.2) is 0 Å². The maximum atomic E-state index is 9.82. The Labute approximate surface area is 83.6 Å². The number of aliphatic hydroxyl groups is 2. The standard InChI is InChI=1S/C11H16O3/c1-8(6-7-12)11(14)9-2-4-10(13)5-3-9/h2-5,8,11-14H,6-7H2,1H3/t8-,11-/m0/s1. The minimum absolute atomic E-state index is 0.0181. The van der Waals surface area contributed by atoms with E-state index in [1.165, 1.54) is 0 Å². The molecule has 0 unspecified atom stereocenters. The average molecular weight is 196 g/mol. The fraction of sp³-hybridized carbons (Fsp3) is 0.455. The first kappa shape index (κ1) is 11.0. The molecule has 3 N–H and O–H groups in total. The molecule has 1 aromatic rings. The van der Waals surface area contributed by atoms with Crippen LogP contribution in [0.2, 0.25) is 0 Å². The van der Waals surface area contributed by atoms with E-state index in [1.54, 1.807) is 24.3 Å². The Bertz CT molecular complexity index is 268. The van der Waals surface area contributed by atoms with Crippen LogP contribution in [0.5, 0.6) is 5.75 Å². The number of aromatic hydroxyl groups is 1. The van der Waals surface area contributed by atoms with Crippen molar-refractivity contribution in [2.45, 2.75) is 19.4 Å². The first-order valence-corrected chi connectivity index (χ1v) is 4.73. The molecule has 0 saturated carbocycles. The molecular weight excluding hydrogens is 180 g/mol. The largest absolute Gasteiger partial charge is 0.508 e. The SMILES string of the molecule is C[C@@H](CCO)[C@H](O)c1ccc(O)cc1. The average Bonchev–Trinajstić information content (AvgIpc) is 2.18. The quantitative estimate of drug-likeness (QED) is 0.683. The van der Waals surface area contributed by atoms with E-state index in [1.807, 2.05) is 6.92 Å². The topological polar surface area (TPSA) is 60.7 Å². The minimum atomic E-state index is -0.581. The summed E-state index contributed by atoms with van der Waals surface area (Å²) in [7, 11) is 0. The molecule has 0 saturated heterocycles. The lowest BCUT2D eigenvalue weighted by Crippen LogP contribution is -2.10. The van der Waals surface area contributed by atoms with Crippen molar-refractivity contribution in [3.05, 3.63) is 29.8 Å². The summed E-state index contributed by atoms with van der Waals surface area (Å²) in [5.41, 5.74) is 0.767. The van der Waals surface area contributed by atoms with Crippen molar-refractivity contribution in [2.75, 3.05) is 6.61 Å². The Morgan fingerprint density at radius 2 is 1.79 bits per heavy atom. The molecule has 0 heterocycles. The molecule has 0 aliphatic heterocycles. The van der Waals surface area contributed by atoms with Gasteiger partial charge in [0.25, 0.3) is 0 Å². The molecule has 2 atom stereocenters. The van der Waals surface area contributed by atoms with Gasteiger partial charge in [-0.1, -0.05) is 19.1 Å². The van der Waals surface area contributed by atoms with Crippen molar-refractivity contribution < 1.29 is 15.3 Å². The van der Waals surface area contributed by atoms with E-state index in [9.17, 15) is 5.11 Å². The first-order chi connectivity index (χ1) is 6.65. The fourth-order valence-corrected chi connectivity index (χ4v) is 1.36. The minimum Gasteiger partial charge on any atom is -0.508 e. The van der Waals surface area contributed by atoms with Crippen LogP contribution in [0, 0.1) is 5.92 Å². The van der Waals surface area contributed by atoms with Crippen LogP contribution in [0.1, 0.15) is 25.0 Å². The molecule has 0 fully saturated rings. The molecular formula is C11H16O3. The molecule has 0 radical (unpaired) electrons. The highest BCUT2D eigenvalue weighted by Gasteiger charge is 2.15. The van der Waals surface area contributed by atoms with Crippen molar-refractivity contribution in [3.63, 3.8) is 0 Å². The van der Waals surface area contributed by atoms with Crippen molar-refractivity contribution in [1.29, 1.82) is 0 Å². The highest BCUT2D eigenvalue weighted by Crippen LogP contribution is 2.25. The van der Waals surface area contributed by atoms with Crippen LogP contribution in [0.4, 0.5) is 0 Å². The van der Waals surface area contributed by atoms with Crippen LogP contribution in [0.3, 0.4) is 0 Å². The third kappa shape index (κ3) is 2.72. The summed E-state index contributed by atoms with van der Waals surface area (Å²) < 4.78 is 0. The lowest BCUT2D eigenvalue weighted by Gasteiger charge is -2.18. The summed E-state index contributed by atoms with van der Waals surface area (Å²) in [5.74, 6) is 0.209.